The molecule has 29 heavy (non-hydrogen) atoms. The van der Waals surface area contributed by atoms with Crippen molar-refractivity contribution in [2.45, 2.75) is 44.8 Å². The number of amides is 1. The van der Waals surface area contributed by atoms with Crippen LogP contribution in [0.3, 0.4) is 0 Å². The van der Waals surface area contributed by atoms with Crippen molar-refractivity contribution >= 4 is 11.9 Å². The van der Waals surface area contributed by atoms with E-state index in [1.807, 2.05) is 0 Å². The van der Waals surface area contributed by atoms with E-state index in [0.29, 0.717) is 0 Å². The molecule has 2 aromatic heterocycles. The van der Waals surface area contributed by atoms with Gasteiger partial charge < -0.3 is 19.6 Å². The standard InChI is InChI=1S/C18H20F3N5O3/c1-10(15(28)26-8-17(9-26)6-2-3-7-17)22-16-25-24-14(29-16)11-4-5-12(18(19,20)21)23-13(11)27/h4-5,10H,2-3,6-9H2,1H3,(H,22,25)(H,23,27). The topological polar surface area (TPSA) is 104 Å². The Labute approximate surface area is 163 Å². The van der Waals surface area contributed by atoms with Crippen molar-refractivity contribution in [1.29, 1.82) is 0 Å². The number of hydrogen-bond acceptors (Lipinski definition) is 6. The molecule has 0 radical (unpaired) electrons. The van der Waals surface area contributed by atoms with Crippen LogP contribution in [0.5, 0.6) is 0 Å². The Balaban J connectivity index is 1.40. The van der Waals surface area contributed by atoms with E-state index in [-0.39, 0.29) is 28.8 Å². The normalized spacial score (nSPS) is 19.2. The number of likely N-dealkylation sites (tertiary alicyclic amines) is 1. The third-order valence-corrected chi connectivity index (χ3v) is 5.61. The Hall–Kier alpha value is -2.85. The third kappa shape index (κ3) is 3.73. The molecule has 1 amide bonds. The summed E-state index contributed by atoms with van der Waals surface area (Å²) in [6.45, 7) is 3.18. The lowest BCUT2D eigenvalue weighted by atomic mass is 9.78. The van der Waals surface area contributed by atoms with Gasteiger partial charge in [0.25, 0.3) is 11.4 Å². The van der Waals surface area contributed by atoms with E-state index in [9.17, 15) is 22.8 Å². The number of rotatable bonds is 4. The number of H-pyrrole nitrogens is 1. The number of alkyl halides is 3. The minimum absolute atomic E-state index is 0.0868. The predicted octanol–water partition coefficient (Wildman–Crippen LogP) is 2.65. The predicted molar refractivity (Wildman–Crippen MR) is 95.9 cm³/mol. The van der Waals surface area contributed by atoms with Gasteiger partial charge >= 0.3 is 12.2 Å². The fraction of sp³-hybridized carbons (Fsp3) is 0.556. The summed E-state index contributed by atoms with van der Waals surface area (Å²) in [7, 11) is 0. The van der Waals surface area contributed by atoms with E-state index in [2.05, 4.69) is 15.5 Å². The molecule has 2 N–H and O–H groups in total. The molecule has 1 atom stereocenters. The molecule has 1 saturated heterocycles. The average Bonchev–Trinajstić information content (AvgIpc) is 3.28. The van der Waals surface area contributed by atoms with Gasteiger partial charge in [0.05, 0.1) is 0 Å². The van der Waals surface area contributed by atoms with Gasteiger partial charge in [0.1, 0.15) is 17.3 Å². The number of anilines is 1. The molecule has 1 aliphatic carbocycles. The van der Waals surface area contributed by atoms with E-state index in [4.69, 9.17) is 4.42 Å². The second-order valence-electron chi connectivity index (χ2n) is 7.79. The summed E-state index contributed by atoms with van der Waals surface area (Å²) in [5.74, 6) is -0.328. The number of aromatic nitrogens is 3. The van der Waals surface area contributed by atoms with Crippen LogP contribution in [0.15, 0.2) is 21.3 Å². The summed E-state index contributed by atoms with van der Waals surface area (Å²) in [5, 5.41) is 10.2. The van der Waals surface area contributed by atoms with Crippen molar-refractivity contribution in [3.8, 4) is 11.5 Å². The van der Waals surface area contributed by atoms with Gasteiger partial charge in [-0.3, -0.25) is 9.59 Å². The Kier molecular flexibility index (Phi) is 4.62. The Bertz CT molecular complexity index is 970. The maximum Gasteiger partial charge on any atom is 0.431 e. The molecular weight excluding hydrogens is 391 g/mol. The van der Waals surface area contributed by atoms with Gasteiger partial charge in [-0.05, 0) is 31.9 Å². The SMILES string of the molecule is CC(Nc1nnc(-c2ccc(C(F)(F)F)[nH]c2=O)o1)C(=O)N1CC2(CCCC2)C1. The zero-order chi connectivity index (χ0) is 20.8. The number of carbonyl (C=O) groups excluding carboxylic acids is 1. The van der Waals surface area contributed by atoms with Crippen LogP contribution in [0.25, 0.3) is 11.5 Å². The van der Waals surface area contributed by atoms with Gasteiger partial charge in [-0.1, -0.05) is 17.9 Å². The highest BCUT2D eigenvalue weighted by Gasteiger charge is 2.47. The van der Waals surface area contributed by atoms with Gasteiger partial charge in [-0.15, -0.1) is 5.10 Å². The van der Waals surface area contributed by atoms with Gasteiger partial charge in [0.15, 0.2) is 0 Å². The van der Waals surface area contributed by atoms with Crippen LogP contribution in [0, 0.1) is 5.41 Å². The molecule has 11 heteroatoms. The average molecular weight is 411 g/mol. The number of pyridine rings is 1. The van der Waals surface area contributed by atoms with E-state index in [0.717, 1.165) is 38.1 Å². The molecule has 0 aromatic carbocycles. The van der Waals surface area contributed by atoms with Crippen molar-refractivity contribution in [1.82, 2.24) is 20.1 Å². The van der Waals surface area contributed by atoms with E-state index in [1.165, 1.54) is 12.8 Å². The number of nitrogens with one attached hydrogen (secondary N) is 2. The minimum Gasteiger partial charge on any atom is -0.403 e. The molecule has 1 unspecified atom stereocenters. The highest BCUT2D eigenvalue weighted by molar-refractivity contribution is 5.84. The molecule has 3 heterocycles. The van der Waals surface area contributed by atoms with Crippen LogP contribution < -0.4 is 10.9 Å². The lowest BCUT2D eigenvalue weighted by Gasteiger charge is -2.49. The summed E-state index contributed by atoms with van der Waals surface area (Å²) in [5.41, 5.74) is -2.07. The first-order valence-electron chi connectivity index (χ1n) is 9.37. The molecule has 2 fully saturated rings. The first-order valence-corrected chi connectivity index (χ1v) is 9.37. The molecule has 0 bridgehead atoms. The van der Waals surface area contributed by atoms with Crippen molar-refractivity contribution in [3.05, 3.63) is 28.2 Å². The molecule has 2 aliphatic rings. The molecule has 8 nitrogen and oxygen atoms in total. The van der Waals surface area contributed by atoms with Crippen molar-refractivity contribution in [2.24, 2.45) is 5.41 Å². The zero-order valence-electron chi connectivity index (χ0n) is 15.7. The monoisotopic (exact) mass is 411 g/mol. The van der Waals surface area contributed by atoms with Crippen molar-refractivity contribution in [2.75, 3.05) is 18.4 Å². The number of hydrogen-bond donors (Lipinski definition) is 2. The van der Waals surface area contributed by atoms with E-state index in [1.54, 1.807) is 16.8 Å². The number of halogens is 3. The lowest BCUT2D eigenvalue weighted by Crippen LogP contribution is -2.59. The summed E-state index contributed by atoms with van der Waals surface area (Å²) in [4.78, 5) is 28.0. The molecular formula is C18H20F3N5O3. The highest BCUT2D eigenvalue weighted by Crippen LogP contribution is 2.45. The number of aromatic amines is 1. The lowest BCUT2D eigenvalue weighted by molar-refractivity contribution is -0.143. The Morgan fingerprint density at radius 2 is 1.97 bits per heavy atom. The first kappa shape index (κ1) is 19.5. The third-order valence-electron chi connectivity index (χ3n) is 5.61. The molecule has 156 valence electrons. The number of nitrogens with zero attached hydrogens (tertiary/aromatic N) is 3. The quantitative estimate of drug-likeness (QED) is 0.802. The summed E-state index contributed by atoms with van der Waals surface area (Å²) in [6, 6.07) is 0.988. The van der Waals surface area contributed by atoms with Crippen molar-refractivity contribution in [3.63, 3.8) is 0 Å². The van der Waals surface area contributed by atoms with Crippen LogP contribution in [0.2, 0.25) is 0 Å². The number of carbonyl (C=O) groups is 1. The van der Waals surface area contributed by atoms with Crippen LogP contribution in [-0.2, 0) is 11.0 Å². The van der Waals surface area contributed by atoms with Crippen LogP contribution >= 0.6 is 0 Å². The van der Waals surface area contributed by atoms with Crippen LogP contribution in [-0.4, -0.2) is 45.1 Å². The van der Waals surface area contributed by atoms with E-state index < -0.39 is 23.5 Å². The van der Waals surface area contributed by atoms with E-state index >= 15 is 0 Å². The fourth-order valence-electron chi connectivity index (χ4n) is 4.08. The molecule has 1 aliphatic heterocycles. The first-order chi connectivity index (χ1) is 13.7. The summed E-state index contributed by atoms with van der Waals surface area (Å²) >= 11 is 0. The molecule has 1 spiro atoms. The van der Waals surface area contributed by atoms with Crippen LogP contribution in [0.4, 0.5) is 19.2 Å². The molecule has 1 saturated carbocycles. The largest absolute Gasteiger partial charge is 0.431 e. The van der Waals surface area contributed by atoms with Gasteiger partial charge in [0.2, 0.25) is 5.91 Å². The van der Waals surface area contributed by atoms with Crippen molar-refractivity contribution < 1.29 is 22.4 Å². The minimum atomic E-state index is -4.66. The van der Waals surface area contributed by atoms with Gasteiger partial charge in [-0.25, -0.2) is 0 Å². The Morgan fingerprint density at radius 1 is 1.28 bits per heavy atom. The highest BCUT2D eigenvalue weighted by atomic mass is 19.4. The molecule has 4 rings (SSSR count). The summed E-state index contributed by atoms with van der Waals surface area (Å²) < 4.78 is 43.3. The maximum absolute atomic E-state index is 12.7. The van der Waals surface area contributed by atoms with Gasteiger partial charge in [-0.2, -0.15) is 13.2 Å². The van der Waals surface area contributed by atoms with Gasteiger partial charge in [0, 0.05) is 18.5 Å². The summed E-state index contributed by atoms with van der Waals surface area (Å²) in [6.07, 6.45) is 0.0803. The fourth-order valence-corrected chi connectivity index (χ4v) is 4.08. The maximum atomic E-state index is 12.7. The zero-order valence-corrected chi connectivity index (χ0v) is 15.7. The second kappa shape index (κ2) is 6.89. The Morgan fingerprint density at radius 3 is 2.59 bits per heavy atom. The second-order valence-corrected chi connectivity index (χ2v) is 7.79. The smallest absolute Gasteiger partial charge is 0.403 e. The van der Waals surface area contributed by atoms with Crippen LogP contribution in [0.1, 0.15) is 38.3 Å². The molecule has 2 aromatic rings.